The third-order valence-electron chi connectivity index (χ3n) is 5.70. The molecule has 1 aliphatic rings. The fourth-order valence-electron chi connectivity index (χ4n) is 3.90. The highest BCUT2D eigenvalue weighted by Gasteiger charge is 2.20. The highest BCUT2D eigenvalue weighted by atomic mass is 19.1. The highest BCUT2D eigenvalue weighted by Crippen LogP contribution is 2.36. The van der Waals surface area contributed by atoms with Crippen LogP contribution in [0.3, 0.4) is 0 Å². The van der Waals surface area contributed by atoms with Crippen LogP contribution in [0, 0.1) is 11.7 Å². The van der Waals surface area contributed by atoms with Crippen LogP contribution in [0.25, 0.3) is 0 Å². The van der Waals surface area contributed by atoms with Crippen molar-refractivity contribution in [3.8, 4) is 5.75 Å². The summed E-state index contributed by atoms with van der Waals surface area (Å²) in [6, 6.07) is 5.63. The number of unbranched alkanes of at least 4 members (excludes halogenated alkanes) is 7. The van der Waals surface area contributed by atoms with Crippen LogP contribution in [0.1, 0.15) is 102 Å². The smallest absolute Gasteiger partial charge is 0.165 e. The van der Waals surface area contributed by atoms with E-state index in [4.69, 9.17) is 4.74 Å². The maximum Gasteiger partial charge on any atom is 0.165 e. The predicted molar refractivity (Wildman–Crippen MR) is 105 cm³/mol. The summed E-state index contributed by atoms with van der Waals surface area (Å²) in [6.45, 7) is 5.20. The molecule has 0 aromatic heterocycles. The second-order valence-corrected chi connectivity index (χ2v) is 7.97. The van der Waals surface area contributed by atoms with E-state index in [9.17, 15) is 4.39 Å². The number of rotatable bonds is 11. The van der Waals surface area contributed by atoms with Gasteiger partial charge in [-0.05, 0) is 48.8 Å². The van der Waals surface area contributed by atoms with Crippen LogP contribution in [-0.4, -0.2) is 6.61 Å². The van der Waals surface area contributed by atoms with Gasteiger partial charge < -0.3 is 4.74 Å². The Morgan fingerprint density at radius 3 is 2.20 bits per heavy atom. The van der Waals surface area contributed by atoms with Gasteiger partial charge in [-0.25, -0.2) is 4.39 Å². The van der Waals surface area contributed by atoms with Crippen molar-refractivity contribution in [3.05, 3.63) is 29.6 Å². The number of benzene rings is 1. The molecule has 0 bridgehead atoms. The maximum absolute atomic E-state index is 14.3. The van der Waals surface area contributed by atoms with Gasteiger partial charge >= 0.3 is 0 Å². The standard InChI is InChI=1S/C23H37FO/c1-3-4-5-6-7-8-9-10-17-25-23-16-15-21(18-22(23)24)20-13-11-19(2)12-14-20/h15-16,18-20H,3-14,17H2,1-2H3. The molecule has 0 unspecified atom stereocenters. The van der Waals surface area contributed by atoms with Crippen LogP contribution in [0.4, 0.5) is 4.39 Å². The van der Waals surface area contributed by atoms with Gasteiger partial charge in [0.15, 0.2) is 11.6 Å². The van der Waals surface area contributed by atoms with E-state index in [1.165, 1.54) is 70.6 Å². The van der Waals surface area contributed by atoms with Crippen molar-refractivity contribution in [3.63, 3.8) is 0 Å². The van der Waals surface area contributed by atoms with Gasteiger partial charge in [-0.1, -0.05) is 77.7 Å². The first-order chi connectivity index (χ1) is 12.2. The van der Waals surface area contributed by atoms with Crippen molar-refractivity contribution in [2.45, 2.75) is 96.8 Å². The molecule has 1 fully saturated rings. The Kier molecular flexibility index (Phi) is 9.36. The normalized spacial score (nSPS) is 20.6. The lowest BCUT2D eigenvalue weighted by molar-refractivity contribution is 0.289. The molecule has 0 atom stereocenters. The molecule has 0 N–H and O–H groups in total. The first-order valence-corrected chi connectivity index (χ1v) is 10.6. The molecule has 0 radical (unpaired) electrons. The minimum Gasteiger partial charge on any atom is -0.491 e. The van der Waals surface area contributed by atoms with Crippen molar-refractivity contribution in [1.29, 1.82) is 0 Å². The summed E-state index contributed by atoms with van der Waals surface area (Å²) in [5.74, 6) is 1.61. The van der Waals surface area contributed by atoms with Crippen molar-refractivity contribution in [2.75, 3.05) is 6.61 Å². The van der Waals surface area contributed by atoms with E-state index >= 15 is 0 Å². The molecule has 1 aromatic rings. The molecule has 0 spiro atoms. The summed E-state index contributed by atoms with van der Waals surface area (Å²) in [4.78, 5) is 0. The SMILES string of the molecule is CCCCCCCCCCOc1ccc(C2CCC(C)CC2)cc1F. The van der Waals surface area contributed by atoms with Gasteiger partial charge in [0.2, 0.25) is 0 Å². The average molecular weight is 349 g/mol. The highest BCUT2D eigenvalue weighted by molar-refractivity contribution is 5.31. The van der Waals surface area contributed by atoms with Crippen molar-refractivity contribution in [2.24, 2.45) is 5.92 Å². The Hall–Kier alpha value is -1.05. The molecule has 0 saturated heterocycles. The van der Waals surface area contributed by atoms with Gasteiger partial charge in [-0.3, -0.25) is 0 Å². The van der Waals surface area contributed by atoms with Crippen molar-refractivity contribution < 1.29 is 9.13 Å². The number of hydrogen-bond acceptors (Lipinski definition) is 1. The zero-order valence-corrected chi connectivity index (χ0v) is 16.4. The number of halogens is 1. The second kappa shape index (κ2) is 11.5. The number of hydrogen-bond donors (Lipinski definition) is 0. The Morgan fingerprint density at radius 1 is 0.920 bits per heavy atom. The molecule has 1 saturated carbocycles. The lowest BCUT2D eigenvalue weighted by Gasteiger charge is -2.26. The molecule has 25 heavy (non-hydrogen) atoms. The van der Waals surface area contributed by atoms with Gasteiger partial charge in [0.25, 0.3) is 0 Å². The van der Waals surface area contributed by atoms with Crippen molar-refractivity contribution in [1.82, 2.24) is 0 Å². The van der Waals surface area contributed by atoms with Crippen LogP contribution in [0.15, 0.2) is 18.2 Å². The summed E-state index contributed by atoms with van der Waals surface area (Å²) in [5, 5.41) is 0. The summed E-state index contributed by atoms with van der Waals surface area (Å²) >= 11 is 0. The Balaban J connectivity index is 1.64. The third kappa shape index (κ3) is 7.38. The molecule has 2 heteroatoms. The number of ether oxygens (including phenoxy) is 1. The van der Waals surface area contributed by atoms with E-state index in [0.29, 0.717) is 18.3 Å². The molecule has 142 valence electrons. The van der Waals surface area contributed by atoms with Gasteiger partial charge in [0, 0.05) is 0 Å². The summed E-state index contributed by atoms with van der Waals surface area (Å²) in [5.41, 5.74) is 1.16. The van der Waals surface area contributed by atoms with E-state index in [-0.39, 0.29) is 5.82 Å². The van der Waals surface area contributed by atoms with E-state index in [1.54, 1.807) is 6.07 Å². The molecule has 2 rings (SSSR count). The van der Waals surface area contributed by atoms with Gasteiger partial charge in [-0.2, -0.15) is 0 Å². The molecule has 0 heterocycles. The molecule has 0 amide bonds. The zero-order valence-electron chi connectivity index (χ0n) is 16.4. The maximum atomic E-state index is 14.3. The Labute approximate surface area is 154 Å². The molecular weight excluding hydrogens is 311 g/mol. The first-order valence-electron chi connectivity index (χ1n) is 10.6. The minimum atomic E-state index is -0.185. The third-order valence-corrected chi connectivity index (χ3v) is 5.70. The second-order valence-electron chi connectivity index (χ2n) is 7.97. The van der Waals surface area contributed by atoms with Crippen LogP contribution >= 0.6 is 0 Å². The van der Waals surface area contributed by atoms with E-state index < -0.39 is 0 Å². The summed E-state index contributed by atoms with van der Waals surface area (Å²) in [7, 11) is 0. The molecular formula is C23H37FO. The summed E-state index contributed by atoms with van der Waals surface area (Å²) < 4.78 is 20.0. The van der Waals surface area contributed by atoms with E-state index in [2.05, 4.69) is 19.9 Å². The zero-order chi connectivity index (χ0) is 17.9. The Bertz CT molecular complexity index is 477. The van der Waals surface area contributed by atoms with Crippen LogP contribution in [-0.2, 0) is 0 Å². The fourth-order valence-corrected chi connectivity index (χ4v) is 3.90. The Morgan fingerprint density at radius 2 is 1.56 bits per heavy atom. The summed E-state index contributed by atoms with van der Waals surface area (Å²) in [6.07, 6.45) is 15.1. The van der Waals surface area contributed by atoms with Crippen LogP contribution in [0.2, 0.25) is 0 Å². The lowest BCUT2D eigenvalue weighted by Crippen LogP contribution is -2.11. The van der Waals surface area contributed by atoms with Crippen molar-refractivity contribution >= 4 is 0 Å². The molecule has 1 aromatic carbocycles. The van der Waals surface area contributed by atoms with Gasteiger partial charge in [-0.15, -0.1) is 0 Å². The topological polar surface area (TPSA) is 9.23 Å². The minimum absolute atomic E-state index is 0.185. The van der Waals surface area contributed by atoms with Crippen LogP contribution in [0.5, 0.6) is 5.75 Å². The predicted octanol–water partition coefficient (Wildman–Crippen LogP) is 7.64. The average Bonchev–Trinajstić information content (AvgIpc) is 2.62. The molecule has 1 nitrogen and oxygen atoms in total. The quantitative estimate of drug-likeness (QED) is 0.373. The monoisotopic (exact) mass is 348 g/mol. The lowest BCUT2D eigenvalue weighted by atomic mass is 9.79. The van der Waals surface area contributed by atoms with Gasteiger partial charge in [0.1, 0.15) is 0 Å². The van der Waals surface area contributed by atoms with E-state index in [1.807, 2.05) is 6.07 Å². The van der Waals surface area contributed by atoms with E-state index in [0.717, 1.165) is 17.9 Å². The largest absolute Gasteiger partial charge is 0.491 e. The molecule has 1 aliphatic carbocycles. The fraction of sp³-hybridized carbons (Fsp3) is 0.739. The first kappa shape index (κ1) is 20.3. The van der Waals surface area contributed by atoms with Gasteiger partial charge in [0.05, 0.1) is 6.61 Å². The molecule has 0 aliphatic heterocycles. The van der Waals surface area contributed by atoms with Crippen LogP contribution < -0.4 is 4.74 Å².